The van der Waals surface area contributed by atoms with Gasteiger partial charge in [-0.2, -0.15) is 0 Å². The van der Waals surface area contributed by atoms with Gasteiger partial charge in [0.25, 0.3) is 0 Å². The molecule has 3 N–H and O–H groups in total. The van der Waals surface area contributed by atoms with E-state index < -0.39 is 6.10 Å². The second-order valence-electron chi connectivity index (χ2n) is 5.13. The highest BCUT2D eigenvalue weighted by atomic mass is 16.3. The molecule has 0 aliphatic heterocycles. The SMILES string of the molecule is Cc1ocnc1CNC(=O)N[C@@H]1c2ccccc2C[C@@H]1O. The lowest BCUT2D eigenvalue weighted by Gasteiger charge is -2.18. The Kier molecular flexibility index (Phi) is 3.62. The van der Waals surface area contributed by atoms with E-state index in [0.29, 0.717) is 24.4 Å². The van der Waals surface area contributed by atoms with Crippen molar-refractivity contribution in [3.63, 3.8) is 0 Å². The van der Waals surface area contributed by atoms with E-state index in [-0.39, 0.29) is 12.1 Å². The molecule has 0 unspecified atom stereocenters. The number of nitrogens with zero attached hydrogens (tertiary/aromatic N) is 1. The molecule has 110 valence electrons. The first-order valence-corrected chi connectivity index (χ1v) is 6.84. The smallest absolute Gasteiger partial charge is 0.315 e. The zero-order chi connectivity index (χ0) is 14.8. The molecule has 0 fully saturated rings. The molecule has 1 aliphatic carbocycles. The molecule has 0 bridgehead atoms. The van der Waals surface area contributed by atoms with Gasteiger partial charge in [-0.05, 0) is 18.1 Å². The Labute approximate surface area is 122 Å². The number of carbonyl (C=O) groups excluding carboxylic acids is 1. The molecule has 3 rings (SSSR count). The Balaban J connectivity index is 1.61. The number of amides is 2. The highest BCUT2D eigenvalue weighted by molar-refractivity contribution is 5.74. The molecular formula is C15H17N3O3. The van der Waals surface area contributed by atoms with Crippen molar-refractivity contribution < 1.29 is 14.3 Å². The maximum atomic E-state index is 12.0. The summed E-state index contributed by atoms with van der Waals surface area (Å²) in [7, 11) is 0. The minimum absolute atomic E-state index is 0.290. The van der Waals surface area contributed by atoms with Gasteiger partial charge in [0.05, 0.1) is 18.7 Å². The molecule has 6 heteroatoms. The number of hydrogen-bond donors (Lipinski definition) is 3. The largest absolute Gasteiger partial charge is 0.448 e. The van der Waals surface area contributed by atoms with Crippen LogP contribution in [0.1, 0.15) is 28.6 Å². The van der Waals surface area contributed by atoms with E-state index in [1.54, 1.807) is 6.92 Å². The predicted molar refractivity (Wildman–Crippen MR) is 75.5 cm³/mol. The third kappa shape index (κ3) is 2.75. The number of fused-ring (bicyclic) bond motifs is 1. The molecule has 6 nitrogen and oxygen atoms in total. The third-order valence-corrected chi connectivity index (χ3v) is 3.75. The van der Waals surface area contributed by atoms with E-state index in [9.17, 15) is 9.90 Å². The molecule has 1 aliphatic rings. The second-order valence-corrected chi connectivity index (χ2v) is 5.13. The summed E-state index contributed by atoms with van der Waals surface area (Å²) < 4.78 is 5.07. The van der Waals surface area contributed by atoms with Crippen molar-refractivity contribution in [1.82, 2.24) is 15.6 Å². The summed E-state index contributed by atoms with van der Waals surface area (Å²) in [5.74, 6) is 0.682. The van der Waals surface area contributed by atoms with E-state index in [1.165, 1.54) is 6.39 Å². The Hall–Kier alpha value is -2.34. The molecule has 0 spiro atoms. The molecule has 2 amide bonds. The summed E-state index contributed by atoms with van der Waals surface area (Å²) >= 11 is 0. The van der Waals surface area contributed by atoms with Gasteiger partial charge in [-0.25, -0.2) is 9.78 Å². The lowest BCUT2D eigenvalue weighted by Crippen LogP contribution is -2.40. The fraction of sp³-hybridized carbons (Fsp3) is 0.333. The quantitative estimate of drug-likeness (QED) is 0.797. The van der Waals surface area contributed by atoms with Crippen LogP contribution in [0.5, 0.6) is 0 Å². The molecule has 1 aromatic carbocycles. The van der Waals surface area contributed by atoms with Gasteiger partial charge in [0, 0.05) is 6.42 Å². The third-order valence-electron chi connectivity index (χ3n) is 3.75. The first-order chi connectivity index (χ1) is 10.1. The van der Waals surface area contributed by atoms with Gasteiger partial charge in [0.15, 0.2) is 6.39 Å². The zero-order valence-corrected chi connectivity index (χ0v) is 11.7. The topological polar surface area (TPSA) is 87.4 Å². The van der Waals surface area contributed by atoms with Crippen LogP contribution < -0.4 is 10.6 Å². The van der Waals surface area contributed by atoms with Crippen molar-refractivity contribution in [2.24, 2.45) is 0 Å². The van der Waals surface area contributed by atoms with E-state index in [0.717, 1.165) is 11.1 Å². The number of oxazole rings is 1. The van der Waals surface area contributed by atoms with Crippen LogP contribution in [0.2, 0.25) is 0 Å². The average molecular weight is 287 g/mol. The molecular weight excluding hydrogens is 270 g/mol. The standard InChI is InChI=1S/C15H17N3O3/c1-9-12(17-8-21-9)7-16-15(20)18-14-11-5-3-2-4-10(11)6-13(14)19/h2-5,8,13-14,19H,6-7H2,1H3,(H2,16,18,20)/t13-,14+/m0/s1. The van der Waals surface area contributed by atoms with Crippen molar-refractivity contribution in [3.05, 3.63) is 53.2 Å². The van der Waals surface area contributed by atoms with Crippen LogP contribution in [0.25, 0.3) is 0 Å². The van der Waals surface area contributed by atoms with Gasteiger partial charge in [-0.15, -0.1) is 0 Å². The highest BCUT2D eigenvalue weighted by Crippen LogP contribution is 2.30. The number of aryl methyl sites for hydroxylation is 1. The molecule has 0 saturated carbocycles. The minimum Gasteiger partial charge on any atom is -0.448 e. The van der Waals surface area contributed by atoms with Gasteiger partial charge in [-0.1, -0.05) is 24.3 Å². The van der Waals surface area contributed by atoms with Crippen LogP contribution in [0.4, 0.5) is 4.79 Å². The van der Waals surface area contributed by atoms with E-state index >= 15 is 0 Å². The van der Waals surface area contributed by atoms with Crippen molar-refractivity contribution in [1.29, 1.82) is 0 Å². The lowest BCUT2D eigenvalue weighted by atomic mass is 10.1. The number of aliphatic hydroxyl groups excluding tert-OH is 1. The first-order valence-electron chi connectivity index (χ1n) is 6.84. The van der Waals surface area contributed by atoms with Gasteiger partial charge < -0.3 is 20.2 Å². The van der Waals surface area contributed by atoms with Crippen molar-refractivity contribution in [2.75, 3.05) is 0 Å². The Bertz CT molecular complexity index is 653. The molecule has 2 atom stereocenters. The Morgan fingerprint density at radius 1 is 1.48 bits per heavy atom. The van der Waals surface area contributed by atoms with Gasteiger partial charge in [0.1, 0.15) is 11.5 Å². The van der Waals surface area contributed by atoms with Crippen LogP contribution in [-0.4, -0.2) is 22.2 Å². The van der Waals surface area contributed by atoms with Gasteiger partial charge in [-0.3, -0.25) is 0 Å². The summed E-state index contributed by atoms with van der Waals surface area (Å²) in [6.07, 6.45) is 1.31. The number of rotatable bonds is 3. The molecule has 2 aromatic rings. The molecule has 0 saturated heterocycles. The van der Waals surface area contributed by atoms with Crippen LogP contribution in [0.15, 0.2) is 35.1 Å². The van der Waals surface area contributed by atoms with Crippen molar-refractivity contribution in [3.8, 4) is 0 Å². The lowest BCUT2D eigenvalue weighted by molar-refractivity contribution is 0.142. The number of aromatic nitrogens is 1. The molecule has 1 aromatic heterocycles. The van der Waals surface area contributed by atoms with Crippen molar-refractivity contribution in [2.45, 2.75) is 32.0 Å². The summed E-state index contributed by atoms with van der Waals surface area (Å²) in [4.78, 5) is 16.0. The number of hydrogen-bond acceptors (Lipinski definition) is 4. The number of benzene rings is 1. The highest BCUT2D eigenvalue weighted by Gasteiger charge is 2.31. The summed E-state index contributed by atoms with van der Waals surface area (Å²) in [5, 5.41) is 15.6. The molecule has 21 heavy (non-hydrogen) atoms. The van der Waals surface area contributed by atoms with E-state index in [1.807, 2.05) is 24.3 Å². The van der Waals surface area contributed by atoms with Crippen LogP contribution >= 0.6 is 0 Å². The van der Waals surface area contributed by atoms with E-state index in [2.05, 4.69) is 15.6 Å². The Morgan fingerprint density at radius 3 is 3.05 bits per heavy atom. The number of aliphatic hydroxyl groups is 1. The monoisotopic (exact) mass is 287 g/mol. The maximum absolute atomic E-state index is 12.0. The minimum atomic E-state index is -0.595. The number of nitrogens with one attached hydrogen (secondary N) is 2. The second kappa shape index (κ2) is 5.57. The summed E-state index contributed by atoms with van der Waals surface area (Å²) in [6.45, 7) is 2.08. The normalized spacial score (nSPS) is 20.1. The zero-order valence-electron chi connectivity index (χ0n) is 11.7. The Morgan fingerprint density at radius 2 is 2.29 bits per heavy atom. The number of carbonyl (C=O) groups is 1. The molecule has 0 radical (unpaired) electrons. The molecule has 1 heterocycles. The van der Waals surface area contributed by atoms with Crippen molar-refractivity contribution >= 4 is 6.03 Å². The summed E-state index contributed by atoms with van der Waals surface area (Å²) in [5.41, 5.74) is 2.73. The van der Waals surface area contributed by atoms with Crippen LogP contribution in [-0.2, 0) is 13.0 Å². The summed E-state index contributed by atoms with van der Waals surface area (Å²) in [6, 6.07) is 7.02. The number of urea groups is 1. The fourth-order valence-electron chi connectivity index (χ4n) is 2.60. The van der Waals surface area contributed by atoms with Crippen LogP contribution in [0, 0.1) is 6.92 Å². The average Bonchev–Trinajstić information content (AvgIpc) is 3.01. The predicted octanol–water partition coefficient (Wildman–Crippen LogP) is 1.44. The van der Waals surface area contributed by atoms with Gasteiger partial charge in [0.2, 0.25) is 0 Å². The first kappa shape index (κ1) is 13.6. The maximum Gasteiger partial charge on any atom is 0.315 e. The van der Waals surface area contributed by atoms with Crippen LogP contribution in [0.3, 0.4) is 0 Å². The van der Waals surface area contributed by atoms with Gasteiger partial charge >= 0.3 is 6.03 Å². The van der Waals surface area contributed by atoms with E-state index in [4.69, 9.17) is 4.42 Å². The fourth-order valence-corrected chi connectivity index (χ4v) is 2.60.